The first-order valence-corrected chi connectivity index (χ1v) is 6.11. The Morgan fingerprint density at radius 2 is 1.42 bits per heavy atom. The van der Waals surface area contributed by atoms with Crippen LogP contribution in [-0.4, -0.2) is 47.5 Å². The molecule has 0 aromatic carbocycles. The molecular weight excluding hydrogens is 252 g/mol. The van der Waals surface area contributed by atoms with Gasteiger partial charge in [0.1, 0.15) is 0 Å². The molecule has 0 unspecified atom stereocenters. The normalized spacial score (nSPS) is 14.1. The van der Waals surface area contributed by atoms with E-state index in [2.05, 4.69) is 4.74 Å². The molecule has 0 saturated heterocycles. The summed E-state index contributed by atoms with van der Waals surface area (Å²) in [5.74, 6) is -1.18. The first-order valence-electron chi connectivity index (χ1n) is 8.11. The molecule has 0 saturated carbocycles. The highest BCUT2D eigenvalue weighted by Crippen LogP contribution is 1.99. The molecule has 0 aromatic rings. The third-order valence-corrected chi connectivity index (χ3v) is 2.08. The highest BCUT2D eigenvalue weighted by atomic mass is 16.5. The van der Waals surface area contributed by atoms with Gasteiger partial charge in [0.2, 0.25) is 0 Å². The zero-order valence-electron chi connectivity index (χ0n) is 15.2. The van der Waals surface area contributed by atoms with Gasteiger partial charge in [0.25, 0.3) is 0 Å². The molecule has 0 aliphatic carbocycles. The van der Waals surface area contributed by atoms with Crippen LogP contribution >= 0.6 is 0 Å². The molecule has 114 valence electrons. The van der Waals surface area contributed by atoms with Gasteiger partial charge >= 0.3 is 11.9 Å². The van der Waals surface area contributed by atoms with Crippen LogP contribution in [0.25, 0.3) is 0 Å². The van der Waals surface area contributed by atoms with Crippen LogP contribution in [-0.2, 0) is 14.3 Å². The van der Waals surface area contributed by atoms with E-state index in [4.69, 9.17) is 20.8 Å². The predicted molar refractivity (Wildman–Crippen MR) is 70.8 cm³/mol. The Bertz CT molecular complexity index is 338. The van der Waals surface area contributed by atoms with Gasteiger partial charge in [-0.3, -0.25) is 9.59 Å². The standard InChI is InChI=1S/C7H14O3.C6H12O3/c1-10-7(9)5-3-2-4-6-8;7-5-3-1-2-4-6(8)9/h8H,2-6H2,1H3;7H,1-5H2,(H,8,9)/i6D2;5D2. The Labute approximate surface area is 120 Å². The molecule has 6 heteroatoms. The maximum atomic E-state index is 10.6. The monoisotopic (exact) mass is 282 g/mol. The van der Waals surface area contributed by atoms with Gasteiger partial charge in [0, 0.05) is 26.0 Å². The Morgan fingerprint density at radius 3 is 1.79 bits per heavy atom. The predicted octanol–water partition coefficient (Wildman–Crippen LogP) is 1.34. The summed E-state index contributed by atoms with van der Waals surface area (Å²) in [6.45, 7) is -4.27. The Morgan fingerprint density at radius 1 is 0.947 bits per heavy atom. The van der Waals surface area contributed by atoms with Crippen LogP contribution in [0.4, 0.5) is 0 Å². The number of esters is 1. The zero-order valence-corrected chi connectivity index (χ0v) is 11.2. The summed E-state index contributed by atoms with van der Waals surface area (Å²) in [6, 6.07) is 0. The summed E-state index contributed by atoms with van der Waals surface area (Å²) in [4.78, 5) is 20.5. The van der Waals surface area contributed by atoms with Crippen molar-refractivity contribution in [3.8, 4) is 0 Å². The van der Waals surface area contributed by atoms with Gasteiger partial charge in [-0.1, -0.05) is 12.8 Å². The van der Waals surface area contributed by atoms with E-state index in [9.17, 15) is 9.59 Å². The molecular formula is C13H26O6. The van der Waals surface area contributed by atoms with Crippen LogP contribution in [0, 0.1) is 0 Å². The number of carboxylic acid groups (broad SMARTS) is 1. The van der Waals surface area contributed by atoms with Crippen molar-refractivity contribution in [2.75, 3.05) is 20.2 Å². The number of aliphatic carboxylic acids is 1. The van der Waals surface area contributed by atoms with Gasteiger partial charge in [-0.2, -0.15) is 0 Å². The number of carbonyl (C=O) groups is 2. The first-order chi connectivity index (χ1) is 10.4. The van der Waals surface area contributed by atoms with Crippen LogP contribution < -0.4 is 0 Å². The first kappa shape index (κ1) is 12.9. The van der Waals surface area contributed by atoms with Gasteiger partial charge < -0.3 is 20.1 Å². The number of hydrogen-bond acceptors (Lipinski definition) is 5. The van der Waals surface area contributed by atoms with Crippen molar-refractivity contribution in [2.24, 2.45) is 0 Å². The lowest BCUT2D eigenvalue weighted by molar-refractivity contribution is -0.141. The van der Waals surface area contributed by atoms with E-state index in [1.54, 1.807) is 0 Å². The lowest BCUT2D eigenvalue weighted by Gasteiger charge is -1.96. The third kappa shape index (κ3) is 22.5. The maximum absolute atomic E-state index is 10.6. The van der Waals surface area contributed by atoms with Crippen molar-refractivity contribution in [1.82, 2.24) is 0 Å². The summed E-state index contributed by atoms with van der Waals surface area (Å²) in [5, 5.41) is 25.4. The second-order valence-electron chi connectivity index (χ2n) is 3.70. The minimum Gasteiger partial charge on any atom is -0.481 e. The van der Waals surface area contributed by atoms with Gasteiger partial charge in [0.15, 0.2) is 0 Å². The Hall–Kier alpha value is -1.14. The highest BCUT2D eigenvalue weighted by molar-refractivity contribution is 5.68. The molecule has 19 heavy (non-hydrogen) atoms. The highest BCUT2D eigenvalue weighted by Gasteiger charge is 1.97. The van der Waals surface area contributed by atoms with E-state index in [1.807, 2.05) is 0 Å². The number of rotatable bonds is 10. The summed E-state index contributed by atoms with van der Waals surface area (Å²) in [7, 11) is 1.31. The molecule has 0 heterocycles. The molecule has 0 spiro atoms. The number of hydrogen-bond donors (Lipinski definition) is 3. The molecule has 0 fully saturated rings. The number of ether oxygens (including phenoxy) is 1. The molecule has 0 aromatic heterocycles. The zero-order chi connectivity index (χ0) is 18.5. The third-order valence-electron chi connectivity index (χ3n) is 2.08. The van der Waals surface area contributed by atoms with Crippen molar-refractivity contribution in [3.63, 3.8) is 0 Å². The molecule has 3 N–H and O–H groups in total. The smallest absolute Gasteiger partial charge is 0.305 e. The van der Waals surface area contributed by atoms with Crippen LogP contribution in [0.1, 0.15) is 56.8 Å². The summed E-state index contributed by atoms with van der Waals surface area (Å²) in [5.41, 5.74) is 0. The van der Waals surface area contributed by atoms with Crippen molar-refractivity contribution < 1.29 is 35.1 Å². The van der Waals surface area contributed by atoms with E-state index >= 15 is 0 Å². The minimum absolute atomic E-state index is 0.000278. The average molecular weight is 282 g/mol. The van der Waals surface area contributed by atoms with Crippen molar-refractivity contribution >= 4 is 11.9 Å². The molecule has 0 radical (unpaired) electrons. The number of carbonyl (C=O) groups excluding carboxylic acids is 1. The quantitative estimate of drug-likeness (QED) is 0.412. The SMILES string of the molecule is [2H]C([2H])(O)CCCCC(=O)O.[2H]C([2H])(O)CCCCC(=O)OC. The Balaban J connectivity index is 0. The van der Waals surface area contributed by atoms with Gasteiger partial charge in [-0.25, -0.2) is 0 Å². The van der Waals surface area contributed by atoms with Crippen LogP contribution in [0.5, 0.6) is 0 Å². The molecule has 0 aliphatic rings. The number of unbranched alkanes of at least 4 members (excludes halogenated alkanes) is 2. The van der Waals surface area contributed by atoms with Crippen LogP contribution in [0.2, 0.25) is 0 Å². The topological polar surface area (TPSA) is 104 Å². The molecule has 0 atom stereocenters. The largest absolute Gasteiger partial charge is 0.481 e. The second kappa shape index (κ2) is 16.9. The summed E-state index contributed by atoms with van der Waals surface area (Å²) in [6.07, 6.45) is 2.23. The van der Waals surface area contributed by atoms with Crippen LogP contribution in [0.15, 0.2) is 0 Å². The van der Waals surface area contributed by atoms with E-state index in [-0.39, 0.29) is 31.7 Å². The minimum atomic E-state index is -2.15. The van der Waals surface area contributed by atoms with E-state index in [1.165, 1.54) is 7.11 Å². The molecule has 0 rings (SSSR count). The fourth-order valence-electron chi connectivity index (χ4n) is 1.06. The average Bonchev–Trinajstić information content (AvgIpc) is 2.38. The van der Waals surface area contributed by atoms with E-state index in [0.29, 0.717) is 25.7 Å². The molecule has 0 bridgehead atoms. The molecule has 0 aliphatic heterocycles. The Kier molecular flexibility index (Phi) is 11.4. The van der Waals surface area contributed by atoms with Gasteiger partial charge in [0.05, 0.1) is 12.6 Å². The molecule has 0 amide bonds. The fraction of sp³-hybridized carbons (Fsp3) is 0.846. The summed E-state index contributed by atoms with van der Waals surface area (Å²) < 4.78 is 31.3. The van der Waals surface area contributed by atoms with Crippen molar-refractivity contribution in [3.05, 3.63) is 0 Å². The van der Waals surface area contributed by atoms with Gasteiger partial charge in [-0.05, 0) is 25.7 Å². The molecule has 6 nitrogen and oxygen atoms in total. The summed E-state index contributed by atoms with van der Waals surface area (Å²) >= 11 is 0. The lowest BCUT2D eigenvalue weighted by atomic mass is 10.2. The van der Waals surface area contributed by atoms with Gasteiger partial charge in [-0.15, -0.1) is 0 Å². The van der Waals surface area contributed by atoms with Crippen molar-refractivity contribution in [2.45, 2.75) is 51.4 Å². The second-order valence-corrected chi connectivity index (χ2v) is 3.70. The number of aliphatic hydroxyl groups is 2. The number of methoxy groups -OCH3 is 1. The lowest BCUT2D eigenvalue weighted by Crippen LogP contribution is -1.99. The maximum Gasteiger partial charge on any atom is 0.305 e. The van der Waals surface area contributed by atoms with E-state index < -0.39 is 19.1 Å². The number of carboxylic acids is 1. The fourth-order valence-corrected chi connectivity index (χ4v) is 1.06. The van der Waals surface area contributed by atoms with Crippen LogP contribution in [0.3, 0.4) is 0 Å². The van der Waals surface area contributed by atoms with E-state index in [0.717, 1.165) is 0 Å². The van der Waals surface area contributed by atoms with Crippen molar-refractivity contribution in [1.29, 1.82) is 0 Å².